The molecule has 0 aromatic carbocycles. The average molecular weight is 1520 g/mol. The fraction of sp³-hybridized carbons (Fsp3) is 0.890. The molecule has 0 aromatic rings. The number of thiocarbonyl (C=S) groups is 4. The summed E-state index contributed by atoms with van der Waals surface area (Å²) in [5, 5.41) is 0. The fourth-order valence-electron chi connectivity index (χ4n) is 9.92. The zero-order valence-electron chi connectivity index (χ0n) is 60.6. The van der Waals surface area contributed by atoms with Crippen LogP contribution in [0, 0.1) is 5.41 Å². The van der Waals surface area contributed by atoms with Gasteiger partial charge in [0, 0.05) is 0 Å². The zero-order valence-corrected chi connectivity index (χ0v) is 70.4. The highest BCUT2D eigenvalue weighted by Gasteiger charge is 2.45. The van der Waals surface area contributed by atoms with Gasteiger partial charge in [-0.2, -0.15) is 0 Å². The van der Waals surface area contributed by atoms with E-state index in [0.29, 0.717) is 14.1 Å². The second kappa shape index (κ2) is 59.6. The standard InChI is InChI=1S/C73H132O8S12/c1-13-17-21-25-29-33-37-41-45-49-53-86-65(82)90-69(5,6)61(74)78-57-73(58-79-62(75)70(7,8)91-66(83)87-54-50-46-42-38-34-30-26-22-18-14-2,59-80-63(76)71(9,10)92-67(84)88-55-51-47-43-39-35-31-27-23-19-15-3)60-81-64(77)72(11,12)93-68(85)89-56-52-48-44-40-36-32-28-24-20-16-4/h13-60H2,1-12H3. The van der Waals surface area contributed by atoms with Crippen LogP contribution in [-0.2, 0) is 38.1 Å². The molecule has 0 bridgehead atoms. The van der Waals surface area contributed by atoms with Crippen LogP contribution in [0.4, 0.5) is 0 Å². The Kier molecular flexibility index (Phi) is 60.2. The van der Waals surface area contributed by atoms with Gasteiger partial charge in [-0.25, -0.2) is 0 Å². The number of ether oxygens (including phenoxy) is 4. The molecule has 0 atom stereocenters. The minimum Gasteiger partial charge on any atom is -0.464 e. The summed E-state index contributed by atoms with van der Waals surface area (Å²) in [5.74, 6) is 1.20. The van der Waals surface area contributed by atoms with E-state index in [1.807, 2.05) is 0 Å². The van der Waals surface area contributed by atoms with Gasteiger partial charge in [-0.1, -0.05) is 355 Å². The molecule has 93 heavy (non-hydrogen) atoms. The number of thioether (sulfide) groups is 8. The molecule has 0 unspecified atom stereocenters. The van der Waals surface area contributed by atoms with Crippen molar-refractivity contribution in [2.75, 3.05) is 49.4 Å². The van der Waals surface area contributed by atoms with Crippen molar-refractivity contribution in [1.29, 1.82) is 0 Å². The summed E-state index contributed by atoms with van der Waals surface area (Å²) in [6.45, 7) is 21.6. The van der Waals surface area contributed by atoms with Gasteiger partial charge in [0.2, 0.25) is 0 Å². The predicted octanol–water partition coefficient (Wildman–Crippen LogP) is 25.9. The number of hydrogen-bond acceptors (Lipinski definition) is 20. The molecule has 0 radical (unpaired) electrons. The van der Waals surface area contributed by atoms with Gasteiger partial charge >= 0.3 is 23.9 Å². The Morgan fingerprint density at radius 3 is 0.538 bits per heavy atom. The van der Waals surface area contributed by atoms with Gasteiger partial charge in [0.25, 0.3) is 0 Å². The first kappa shape index (κ1) is 94.0. The maximum absolute atomic E-state index is 14.4. The zero-order chi connectivity index (χ0) is 69.5. The summed E-state index contributed by atoms with van der Waals surface area (Å²) in [6, 6.07) is 0. The molecule has 0 spiro atoms. The van der Waals surface area contributed by atoms with Crippen molar-refractivity contribution < 1.29 is 38.1 Å². The molecule has 0 saturated heterocycles. The molecule has 20 heteroatoms. The average Bonchev–Trinajstić information content (AvgIpc) is 0.866. The Hall–Kier alpha value is 1.04. The minimum absolute atomic E-state index is 0.412. The van der Waals surface area contributed by atoms with Crippen LogP contribution in [0.2, 0.25) is 0 Å². The van der Waals surface area contributed by atoms with Crippen molar-refractivity contribution in [3.05, 3.63) is 0 Å². The van der Waals surface area contributed by atoms with Gasteiger partial charge < -0.3 is 18.9 Å². The molecule has 0 aliphatic heterocycles. The normalized spacial score (nSPS) is 12.3. The summed E-state index contributed by atoms with van der Waals surface area (Å²) >= 11 is 34.8. The molecule has 8 nitrogen and oxygen atoms in total. The van der Waals surface area contributed by atoms with Crippen molar-refractivity contribution in [2.45, 2.75) is 359 Å². The number of rotatable bonds is 60. The molecule has 0 aromatic heterocycles. The molecule has 0 heterocycles. The highest BCUT2D eigenvalue weighted by molar-refractivity contribution is 8.49. The molecule has 0 saturated carbocycles. The minimum atomic E-state index is -1.55. The van der Waals surface area contributed by atoms with E-state index >= 15 is 0 Å². The second-order valence-corrected chi connectivity index (χ2v) is 43.1. The van der Waals surface area contributed by atoms with Crippen molar-refractivity contribution in [3.8, 4) is 0 Å². The number of carbonyl (C=O) groups is 4. The van der Waals surface area contributed by atoms with Crippen LogP contribution >= 0.6 is 143 Å². The van der Waals surface area contributed by atoms with Gasteiger partial charge in [-0.15, -0.1) is 47.0 Å². The molecule has 0 N–H and O–H groups in total. The van der Waals surface area contributed by atoms with Crippen LogP contribution in [-0.4, -0.2) is 106 Å². The van der Waals surface area contributed by atoms with E-state index < -0.39 is 74.7 Å². The van der Waals surface area contributed by atoms with Crippen molar-refractivity contribution in [3.63, 3.8) is 0 Å². The van der Waals surface area contributed by atoms with Crippen LogP contribution in [0.1, 0.15) is 340 Å². The number of esters is 4. The molecule has 0 amide bonds. The van der Waals surface area contributed by atoms with Crippen molar-refractivity contribution >= 4 is 181 Å². The summed E-state index contributed by atoms with van der Waals surface area (Å²) in [7, 11) is 0. The van der Waals surface area contributed by atoms with Crippen molar-refractivity contribution in [2.24, 2.45) is 5.41 Å². The Morgan fingerprint density at radius 1 is 0.247 bits per heavy atom. The van der Waals surface area contributed by atoms with E-state index in [4.69, 9.17) is 67.8 Å². The van der Waals surface area contributed by atoms with Crippen LogP contribution < -0.4 is 0 Å². The monoisotopic (exact) mass is 1520 g/mol. The molecule has 0 fully saturated rings. The summed E-state index contributed by atoms with van der Waals surface area (Å²) < 4.78 is 23.2. The molecular weight excluding hydrogens is 1390 g/mol. The van der Waals surface area contributed by atoms with Gasteiger partial charge in [-0.05, 0) is 104 Å². The number of carbonyl (C=O) groups excluding carboxylic acids is 4. The van der Waals surface area contributed by atoms with E-state index in [1.165, 1.54) is 253 Å². The molecule has 0 aliphatic carbocycles. The molecule has 0 aliphatic rings. The van der Waals surface area contributed by atoms with E-state index in [2.05, 4.69) is 27.7 Å². The first-order valence-electron chi connectivity index (χ1n) is 36.5. The van der Waals surface area contributed by atoms with Gasteiger partial charge in [0.1, 0.15) is 64.9 Å². The quantitative estimate of drug-likeness (QED) is 0.0249. The lowest BCUT2D eigenvalue weighted by Crippen LogP contribution is -2.48. The first-order chi connectivity index (χ1) is 44.3. The molecular formula is C73H132O8S12. The number of unbranched alkanes of at least 4 members (excludes halogenated alkanes) is 36. The predicted molar refractivity (Wildman–Crippen MR) is 441 cm³/mol. The van der Waals surface area contributed by atoms with Crippen LogP contribution in [0.3, 0.4) is 0 Å². The lowest BCUT2D eigenvalue weighted by atomic mass is 9.91. The Balaban J connectivity index is 6.59. The van der Waals surface area contributed by atoms with Crippen LogP contribution in [0.25, 0.3) is 0 Å². The first-order valence-corrected chi connectivity index (χ1v) is 45.3. The Bertz CT molecular complexity index is 1720. The smallest absolute Gasteiger partial charge is 0.322 e. The van der Waals surface area contributed by atoms with Crippen molar-refractivity contribution in [1.82, 2.24) is 0 Å². The SMILES string of the molecule is CCCCCCCCCCCCSC(=S)SC(C)(C)C(=O)OCC(COC(=O)C(C)(C)SC(=S)SCCCCCCCCCCCC)(COC(=O)C(C)(C)SC(=S)SCCCCCCCCCCCC)COC(=O)C(C)(C)SC(=S)SCCCCCCCCCCCC. The summed E-state index contributed by atoms with van der Waals surface area (Å²) in [4.78, 5) is 57.7. The van der Waals surface area contributed by atoms with E-state index in [-0.39, 0.29) is 0 Å². The lowest BCUT2D eigenvalue weighted by Gasteiger charge is -2.35. The third kappa shape index (κ3) is 52.6. The van der Waals surface area contributed by atoms with E-state index in [1.54, 1.807) is 102 Å². The topological polar surface area (TPSA) is 105 Å². The Morgan fingerprint density at radius 2 is 0.387 bits per heavy atom. The second-order valence-electron chi connectivity index (χ2n) is 27.4. The largest absolute Gasteiger partial charge is 0.464 e. The summed E-state index contributed by atoms with van der Waals surface area (Å²) in [6.07, 6.45) is 50.0. The van der Waals surface area contributed by atoms with Crippen LogP contribution in [0.5, 0.6) is 0 Å². The third-order valence-electron chi connectivity index (χ3n) is 16.2. The highest BCUT2D eigenvalue weighted by atomic mass is 32.2. The number of hydrogen-bond donors (Lipinski definition) is 0. The van der Waals surface area contributed by atoms with Gasteiger partial charge in [0.15, 0.2) is 0 Å². The maximum atomic E-state index is 14.4. The molecule has 544 valence electrons. The Labute approximate surface area is 627 Å². The van der Waals surface area contributed by atoms with Gasteiger partial charge in [0.05, 0.1) is 0 Å². The summed E-state index contributed by atoms with van der Waals surface area (Å²) in [5.41, 5.74) is -1.55. The van der Waals surface area contributed by atoms with Gasteiger partial charge in [-0.3, -0.25) is 19.2 Å². The van der Waals surface area contributed by atoms with E-state index in [0.717, 1.165) is 74.4 Å². The third-order valence-corrected chi connectivity index (χ3v) is 27.3. The van der Waals surface area contributed by atoms with Crippen LogP contribution in [0.15, 0.2) is 0 Å². The van der Waals surface area contributed by atoms with E-state index in [9.17, 15) is 19.2 Å². The maximum Gasteiger partial charge on any atom is 0.322 e. The highest BCUT2D eigenvalue weighted by Crippen LogP contribution is 2.39. The molecule has 0 rings (SSSR count). The fourth-order valence-corrected chi connectivity index (χ4v) is 22.2. The lowest BCUT2D eigenvalue weighted by molar-refractivity contribution is -0.173.